The lowest BCUT2D eigenvalue weighted by molar-refractivity contribution is 0.262. The summed E-state index contributed by atoms with van der Waals surface area (Å²) in [5.41, 5.74) is 0. The van der Waals surface area contributed by atoms with Gasteiger partial charge in [-0.15, -0.1) is 0 Å². The van der Waals surface area contributed by atoms with Crippen LogP contribution in [0.3, 0.4) is 0 Å². The van der Waals surface area contributed by atoms with Gasteiger partial charge in [-0.1, -0.05) is 19.1 Å². The SMILES string of the molecule is CCCNC(C)CCOc1ccccc1OCC. The summed E-state index contributed by atoms with van der Waals surface area (Å²) in [6.45, 7) is 8.78. The lowest BCUT2D eigenvalue weighted by atomic mass is 10.2. The van der Waals surface area contributed by atoms with Crippen molar-refractivity contribution in [3.05, 3.63) is 24.3 Å². The third-order valence-electron chi connectivity index (χ3n) is 2.70. The van der Waals surface area contributed by atoms with Crippen LogP contribution in [0.25, 0.3) is 0 Å². The molecule has 102 valence electrons. The quantitative estimate of drug-likeness (QED) is 0.731. The Morgan fingerprint density at radius 1 is 1.11 bits per heavy atom. The Morgan fingerprint density at radius 2 is 1.78 bits per heavy atom. The highest BCUT2D eigenvalue weighted by atomic mass is 16.5. The van der Waals surface area contributed by atoms with Crippen LogP contribution in [0.5, 0.6) is 11.5 Å². The molecule has 0 aliphatic rings. The van der Waals surface area contributed by atoms with Crippen molar-refractivity contribution in [2.75, 3.05) is 19.8 Å². The minimum atomic E-state index is 0.490. The molecule has 1 aromatic carbocycles. The molecule has 18 heavy (non-hydrogen) atoms. The van der Waals surface area contributed by atoms with Crippen LogP contribution in [0.2, 0.25) is 0 Å². The first kappa shape index (κ1) is 14.8. The number of para-hydroxylation sites is 2. The summed E-state index contributed by atoms with van der Waals surface area (Å²) in [5, 5.41) is 3.45. The van der Waals surface area contributed by atoms with Gasteiger partial charge in [0.2, 0.25) is 0 Å². The Bertz CT molecular complexity index is 328. The molecule has 0 fully saturated rings. The van der Waals surface area contributed by atoms with Crippen LogP contribution in [-0.4, -0.2) is 25.8 Å². The van der Waals surface area contributed by atoms with E-state index < -0.39 is 0 Å². The number of hydrogen-bond acceptors (Lipinski definition) is 3. The molecule has 1 N–H and O–H groups in total. The molecular formula is C15H25NO2. The molecule has 0 heterocycles. The maximum Gasteiger partial charge on any atom is 0.161 e. The van der Waals surface area contributed by atoms with E-state index in [4.69, 9.17) is 9.47 Å². The smallest absolute Gasteiger partial charge is 0.161 e. The van der Waals surface area contributed by atoms with Crippen LogP contribution in [0.15, 0.2) is 24.3 Å². The minimum absolute atomic E-state index is 0.490. The lowest BCUT2D eigenvalue weighted by Gasteiger charge is -2.15. The standard InChI is InChI=1S/C15H25NO2/c1-4-11-16-13(3)10-12-18-15-9-7-6-8-14(15)17-5-2/h6-9,13,16H,4-5,10-12H2,1-3H3. The maximum atomic E-state index is 5.78. The highest BCUT2D eigenvalue weighted by Crippen LogP contribution is 2.26. The predicted octanol–water partition coefficient (Wildman–Crippen LogP) is 3.24. The van der Waals surface area contributed by atoms with Crippen molar-refractivity contribution in [2.24, 2.45) is 0 Å². The van der Waals surface area contributed by atoms with Crippen molar-refractivity contribution >= 4 is 0 Å². The van der Waals surface area contributed by atoms with E-state index in [2.05, 4.69) is 19.2 Å². The average Bonchev–Trinajstić information content (AvgIpc) is 2.38. The van der Waals surface area contributed by atoms with Crippen molar-refractivity contribution in [1.29, 1.82) is 0 Å². The van der Waals surface area contributed by atoms with Crippen LogP contribution in [0.4, 0.5) is 0 Å². The van der Waals surface area contributed by atoms with Gasteiger partial charge >= 0.3 is 0 Å². The zero-order valence-corrected chi connectivity index (χ0v) is 11.7. The first-order valence-electron chi connectivity index (χ1n) is 6.85. The van der Waals surface area contributed by atoms with Crippen LogP contribution in [-0.2, 0) is 0 Å². The van der Waals surface area contributed by atoms with Gasteiger partial charge in [0.1, 0.15) is 0 Å². The van der Waals surface area contributed by atoms with E-state index in [-0.39, 0.29) is 0 Å². The highest BCUT2D eigenvalue weighted by Gasteiger charge is 2.05. The van der Waals surface area contributed by atoms with E-state index >= 15 is 0 Å². The number of ether oxygens (including phenoxy) is 2. The summed E-state index contributed by atoms with van der Waals surface area (Å²) in [4.78, 5) is 0. The number of hydrogen-bond donors (Lipinski definition) is 1. The number of nitrogens with one attached hydrogen (secondary N) is 1. The van der Waals surface area contributed by atoms with Crippen molar-refractivity contribution < 1.29 is 9.47 Å². The molecule has 3 nitrogen and oxygen atoms in total. The van der Waals surface area contributed by atoms with Crippen molar-refractivity contribution in [1.82, 2.24) is 5.32 Å². The molecule has 1 aromatic rings. The zero-order valence-electron chi connectivity index (χ0n) is 11.7. The van der Waals surface area contributed by atoms with Gasteiger partial charge in [0.05, 0.1) is 13.2 Å². The summed E-state index contributed by atoms with van der Waals surface area (Å²) in [6.07, 6.45) is 2.17. The number of rotatable bonds is 9. The second-order valence-corrected chi connectivity index (χ2v) is 4.37. The van der Waals surface area contributed by atoms with Gasteiger partial charge in [0.25, 0.3) is 0 Å². The second kappa shape index (κ2) is 8.81. The molecule has 0 radical (unpaired) electrons. The lowest BCUT2D eigenvalue weighted by Crippen LogP contribution is -2.28. The second-order valence-electron chi connectivity index (χ2n) is 4.37. The molecule has 1 rings (SSSR count). The Kier molecular flexibility index (Phi) is 7.26. The van der Waals surface area contributed by atoms with E-state index in [1.165, 1.54) is 6.42 Å². The fourth-order valence-corrected chi connectivity index (χ4v) is 1.68. The predicted molar refractivity (Wildman–Crippen MR) is 75.5 cm³/mol. The highest BCUT2D eigenvalue weighted by molar-refractivity contribution is 5.39. The molecular weight excluding hydrogens is 226 g/mol. The van der Waals surface area contributed by atoms with Crippen molar-refractivity contribution in [2.45, 2.75) is 39.7 Å². The monoisotopic (exact) mass is 251 g/mol. The third kappa shape index (κ3) is 5.41. The van der Waals surface area contributed by atoms with Gasteiger partial charge in [-0.25, -0.2) is 0 Å². The van der Waals surface area contributed by atoms with Crippen LogP contribution in [0, 0.1) is 0 Å². The van der Waals surface area contributed by atoms with Gasteiger partial charge in [-0.3, -0.25) is 0 Å². The largest absolute Gasteiger partial charge is 0.490 e. The summed E-state index contributed by atoms with van der Waals surface area (Å²) < 4.78 is 11.3. The Labute approximate surface area is 110 Å². The normalized spacial score (nSPS) is 12.2. The summed E-state index contributed by atoms with van der Waals surface area (Å²) in [5.74, 6) is 1.66. The maximum absolute atomic E-state index is 5.78. The van der Waals surface area contributed by atoms with E-state index in [0.29, 0.717) is 19.3 Å². The molecule has 0 amide bonds. The first-order valence-corrected chi connectivity index (χ1v) is 6.85. The molecule has 0 saturated heterocycles. The van der Waals surface area contributed by atoms with E-state index in [1.807, 2.05) is 31.2 Å². The van der Waals surface area contributed by atoms with Crippen molar-refractivity contribution in [3.8, 4) is 11.5 Å². The Hall–Kier alpha value is -1.22. The first-order chi connectivity index (χ1) is 8.77. The van der Waals surface area contributed by atoms with Gasteiger partial charge < -0.3 is 14.8 Å². The molecule has 0 aliphatic carbocycles. The van der Waals surface area contributed by atoms with Gasteiger partial charge in [-0.05, 0) is 45.4 Å². The molecule has 1 unspecified atom stereocenters. The Morgan fingerprint density at radius 3 is 2.39 bits per heavy atom. The molecule has 3 heteroatoms. The zero-order chi connectivity index (χ0) is 13.2. The van der Waals surface area contributed by atoms with Crippen molar-refractivity contribution in [3.63, 3.8) is 0 Å². The molecule has 0 aromatic heterocycles. The fourth-order valence-electron chi connectivity index (χ4n) is 1.68. The van der Waals surface area contributed by atoms with E-state index in [9.17, 15) is 0 Å². The van der Waals surface area contributed by atoms with E-state index in [0.717, 1.165) is 24.5 Å². The third-order valence-corrected chi connectivity index (χ3v) is 2.70. The van der Waals surface area contributed by atoms with Gasteiger partial charge in [0, 0.05) is 6.04 Å². The van der Waals surface area contributed by atoms with Crippen LogP contribution < -0.4 is 14.8 Å². The fraction of sp³-hybridized carbons (Fsp3) is 0.600. The summed E-state index contributed by atoms with van der Waals surface area (Å²) in [6, 6.07) is 8.32. The summed E-state index contributed by atoms with van der Waals surface area (Å²) >= 11 is 0. The molecule has 0 spiro atoms. The molecule has 0 saturated carbocycles. The Balaban J connectivity index is 2.34. The van der Waals surface area contributed by atoms with Gasteiger partial charge in [-0.2, -0.15) is 0 Å². The summed E-state index contributed by atoms with van der Waals surface area (Å²) in [7, 11) is 0. The molecule has 0 aliphatic heterocycles. The van der Waals surface area contributed by atoms with Crippen LogP contribution >= 0.6 is 0 Å². The molecule has 0 bridgehead atoms. The average molecular weight is 251 g/mol. The topological polar surface area (TPSA) is 30.5 Å². The minimum Gasteiger partial charge on any atom is -0.490 e. The molecule has 1 atom stereocenters. The van der Waals surface area contributed by atoms with Crippen LogP contribution in [0.1, 0.15) is 33.6 Å². The van der Waals surface area contributed by atoms with Gasteiger partial charge in [0.15, 0.2) is 11.5 Å². The van der Waals surface area contributed by atoms with E-state index in [1.54, 1.807) is 0 Å². The number of benzene rings is 1.